The van der Waals surface area contributed by atoms with Crippen molar-refractivity contribution in [3.63, 3.8) is 0 Å². The summed E-state index contributed by atoms with van der Waals surface area (Å²) < 4.78 is 10.4. The zero-order valence-electron chi connectivity index (χ0n) is 17.2. The number of carbonyl (C=O) groups is 3. The molecule has 1 aromatic heterocycles. The second kappa shape index (κ2) is 10.5. The van der Waals surface area contributed by atoms with Gasteiger partial charge in [-0.05, 0) is 36.8 Å². The number of methoxy groups -OCH3 is 1. The highest BCUT2D eigenvalue weighted by molar-refractivity contribution is 7.17. The van der Waals surface area contributed by atoms with Crippen molar-refractivity contribution in [2.24, 2.45) is 0 Å². The van der Waals surface area contributed by atoms with Gasteiger partial charge in [-0.2, -0.15) is 0 Å². The second-order valence-electron chi connectivity index (χ2n) is 6.70. The van der Waals surface area contributed by atoms with Gasteiger partial charge in [0.1, 0.15) is 17.2 Å². The molecule has 0 bridgehead atoms. The molecule has 1 amide bonds. The Morgan fingerprint density at radius 1 is 1.00 bits per heavy atom. The monoisotopic (exact) mass is 438 g/mol. The number of rotatable bonds is 9. The fourth-order valence-corrected chi connectivity index (χ4v) is 3.63. The van der Waals surface area contributed by atoms with E-state index in [1.165, 1.54) is 0 Å². The van der Waals surface area contributed by atoms with E-state index in [1.54, 1.807) is 38.3 Å². The lowest BCUT2D eigenvalue weighted by atomic mass is 10.1. The van der Waals surface area contributed by atoms with Crippen molar-refractivity contribution >= 4 is 34.1 Å². The Balaban J connectivity index is 1.51. The number of hydrogen-bond acceptors (Lipinski definition) is 7. The molecule has 1 heterocycles. The summed E-state index contributed by atoms with van der Waals surface area (Å²) in [5.41, 5.74) is 1.88. The highest BCUT2D eigenvalue weighted by Crippen LogP contribution is 2.24. The molecule has 0 fully saturated rings. The average molecular weight is 439 g/mol. The number of ether oxygens (including phenoxy) is 2. The number of aryl methyl sites for hydroxylation is 1. The van der Waals surface area contributed by atoms with E-state index in [2.05, 4.69) is 10.3 Å². The summed E-state index contributed by atoms with van der Waals surface area (Å²) in [6.45, 7) is 1.84. The molecule has 0 aliphatic carbocycles. The van der Waals surface area contributed by atoms with E-state index in [0.717, 1.165) is 16.9 Å². The number of ketones is 1. The highest BCUT2D eigenvalue weighted by Gasteiger charge is 2.18. The van der Waals surface area contributed by atoms with Crippen LogP contribution in [-0.4, -0.2) is 29.8 Å². The fourth-order valence-electron chi connectivity index (χ4n) is 2.76. The average Bonchev–Trinajstić information content (AvgIpc) is 3.16. The topological polar surface area (TPSA) is 94.6 Å². The number of carbonyl (C=O) groups excluding carboxylic acids is 3. The zero-order chi connectivity index (χ0) is 22.2. The first-order valence-corrected chi connectivity index (χ1v) is 10.4. The number of aromatic nitrogens is 1. The number of nitrogens with one attached hydrogen (secondary N) is 1. The summed E-state index contributed by atoms with van der Waals surface area (Å²) in [7, 11) is 1.55. The number of hydrogen-bond donors (Lipinski definition) is 1. The van der Waals surface area contributed by atoms with Gasteiger partial charge >= 0.3 is 5.97 Å². The second-order valence-corrected chi connectivity index (χ2v) is 7.69. The molecule has 8 heteroatoms. The number of Topliss-reactive ketones (excluding diaryl/α,β-unsaturated/α-hetero) is 1. The van der Waals surface area contributed by atoms with Gasteiger partial charge in [0.05, 0.1) is 12.8 Å². The largest absolute Gasteiger partial charge is 0.497 e. The molecule has 7 nitrogen and oxygen atoms in total. The number of amides is 1. The Hall–Kier alpha value is -3.52. The molecule has 3 rings (SSSR count). The van der Waals surface area contributed by atoms with Gasteiger partial charge in [-0.1, -0.05) is 41.7 Å². The van der Waals surface area contributed by atoms with E-state index in [-0.39, 0.29) is 31.1 Å². The molecule has 160 valence electrons. The van der Waals surface area contributed by atoms with E-state index in [1.807, 2.05) is 30.3 Å². The number of esters is 1. The normalized spacial score (nSPS) is 10.4. The van der Waals surface area contributed by atoms with Gasteiger partial charge in [-0.25, -0.2) is 9.78 Å². The van der Waals surface area contributed by atoms with Gasteiger partial charge < -0.3 is 14.8 Å². The first-order chi connectivity index (χ1) is 15.0. The minimum Gasteiger partial charge on any atom is -0.497 e. The number of nitrogens with zero attached hydrogens (tertiary/aromatic N) is 1. The van der Waals surface area contributed by atoms with Gasteiger partial charge in [-0.15, -0.1) is 0 Å². The van der Waals surface area contributed by atoms with Crippen LogP contribution in [-0.2, 0) is 16.1 Å². The maximum Gasteiger partial charge on any atom is 0.350 e. The third-order valence-electron chi connectivity index (χ3n) is 4.43. The van der Waals surface area contributed by atoms with Gasteiger partial charge in [0.2, 0.25) is 5.91 Å². The lowest BCUT2D eigenvalue weighted by Crippen LogP contribution is -2.13. The number of anilines is 1. The lowest BCUT2D eigenvalue weighted by molar-refractivity contribution is -0.116. The van der Waals surface area contributed by atoms with E-state index < -0.39 is 5.97 Å². The van der Waals surface area contributed by atoms with Gasteiger partial charge in [0, 0.05) is 18.4 Å². The van der Waals surface area contributed by atoms with Crippen molar-refractivity contribution in [3.05, 3.63) is 76.3 Å². The van der Waals surface area contributed by atoms with Crippen LogP contribution in [0.1, 0.15) is 44.1 Å². The van der Waals surface area contributed by atoms with Crippen molar-refractivity contribution in [2.75, 3.05) is 12.4 Å². The molecular formula is C23H22N2O5S. The fraction of sp³-hybridized carbons (Fsp3) is 0.217. The molecule has 31 heavy (non-hydrogen) atoms. The summed E-state index contributed by atoms with van der Waals surface area (Å²) >= 11 is 1.05. The number of benzene rings is 2. The first-order valence-electron chi connectivity index (χ1n) is 9.62. The first kappa shape index (κ1) is 22.2. The van der Waals surface area contributed by atoms with E-state index in [4.69, 9.17) is 9.47 Å². The molecule has 0 saturated carbocycles. The van der Waals surface area contributed by atoms with Crippen LogP contribution in [0.3, 0.4) is 0 Å². The van der Waals surface area contributed by atoms with E-state index in [9.17, 15) is 14.4 Å². The summed E-state index contributed by atoms with van der Waals surface area (Å²) in [5.74, 6) is -0.321. The van der Waals surface area contributed by atoms with Crippen LogP contribution in [0, 0.1) is 6.92 Å². The molecule has 0 atom stereocenters. The Bertz CT molecular complexity index is 1060. The molecule has 3 aromatic rings. The van der Waals surface area contributed by atoms with Crippen molar-refractivity contribution in [1.82, 2.24) is 4.98 Å². The molecular weight excluding hydrogens is 416 g/mol. The van der Waals surface area contributed by atoms with Gasteiger partial charge in [0.25, 0.3) is 0 Å². The third-order valence-corrected chi connectivity index (χ3v) is 5.49. The smallest absolute Gasteiger partial charge is 0.350 e. The summed E-state index contributed by atoms with van der Waals surface area (Å²) in [6, 6.07) is 16.1. The van der Waals surface area contributed by atoms with Crippen LogP contribution in [0.25, 0.3) is 0 Å². The quantitative estimate of drug-likeness (QED) is 0.393. The van der Waals surface area contributed by atoms with Crippen molar-refractivity contribution in [2.45, 2.75) is 26.4 Å². The number of thiazole rings is 1. The lowest BCUT2D eigenvalue weighted by Gasteiger charge is -2.04. The predicted molar refractivity (Wildman–Crippen MR) is 118 cm³/mol. The minimum absolute atomic E-state index is 0.0112. The maximum atomic E-state index is 12.3. The molecule has 0 aliphatic rings. The molecule has 0 radical (unpaired) electrons. The predicted octanol–water partition coefficient (Wildman–Crippen LogP) is 4.42. The van der Waals surface area contributed by atoms with E-state index in [0.29, 0.717) is 27.0 Å². The van der Waals surface area contributed by atoms with Crippen LogP contribution in [0.4, 0.5) is 5.13 Å². The molecule has 0 spiro atoms. The Morgan fingerprint density at radius 3 is 2.39 bits per heavy atom. The maximum absolute atomic E-state index is 12.3. The van der Waals surface area contributed by atoms with Crippen molar-refractivity contribution in [3.8, 4) is 5.75 Å². The molecule has 2 aromatic carbocycles. The highest BCUT2D eigenvalue weighted by atomic mass is 32.1. The van der Waals surface area contributed by atoms with Crippen LogP contribution in [0.15, 0.2) is 54.6 Å². The zero-order valence-corrected chi connectivity index (χ0v) is 18.0. The Morgan fingerprint density at radius 2 is 1.71 bits per heavy atom. The van der Waals surface area contributed by atoms with Gasteiger partial charge in [-0.3, -0.25) is 9.59 Å². The van der Waals surface area contributed by atoms with Gasteiger partial charge in [0.15, 0.2) is 10.9 Å². The van der Waals surface area contributed by atoms with E-state index >= 15 is 0 Å². The molecule has 0 saturated heterocycles. The Labute approximate surface area is 184 Å². The van der Waals surface area contributed by atoms with Crippen molar-refractivity contribution < 1.29 is 23.9 Å². The molecule has 0 aliphatic heterocycles. The summed E-state index contributed by atoms with van der Waals surface area (Å²) in [5, 5.41) is 2.94. The standard InChI is InChI=1S/C23H22N2O5S/c1-15-21(22(28)30-14-16-6-4-3-5-7-16)31-23(24-15)25-20(27)13-12-19(26)17-8-10-18(29-2)11-9-17/h3-11H,12-14H2,1-2H3,(H,24,25,27). The van der Waals surface area contributed by atoms with Crippen LogP contribution in [0.5, 0.6) is 5.75 Å². The summed E-state index contributed by atoms with van der Waals surface area (Å²) in [4.78, 5) is 41.3. The molecule has 0 unspecified atom stereocenters. The molecule has 1 N–H and O–H groups in total. The van der Waals surface area contributed by atoms with Crippen molar-refractivity contribution in [1.29, 1.82) is 0 Å². The SMILES string of the molecule is COc1ccc(C(=O)CCC(=O)Nc2nc(C)c(C(=O)OCc3ccccc3)s2)cc1. The van der Waals surface area contributed by atoms with Crippen LogP contribution in [0.2, 0.25) is 0 Å². The minimum atomic E-state index is -0.492. The van der Waals surface area contributed by atoms with Crippen LogP contribution >= 0.6 is 11.3 Å². The Kier molecular flexibility index (Phi) is 7.50. The summed E-state index contributed by atoms with van der Waals surface area (Å²) in [6.07, 6.45) is 0.0752. The van der Waals surface area contributed by atoms with Crippen LogP contribution < -0.4 is 10.1 Å². The third kappa shape index (κ3) is 6.23.